The molecule has 2 aromatic rings. The van der Waals surface area contributed by atoms with Crippen molar-refractivity contribution in [1.29, 1.82) is 0 Å². The summed E-state index contributed by atoms with van der Waals surface area (Å²) < 4.78 is 7.71. The first-order valence-corrected chi connectivity index (χ1v) is 7.20. The third kappa shape index (κ3) is 3.38. The van der Waals surface area contributed by atoms with Crippen LogP contribution in [0.4, 0.5) is 0 Å². The van der Waals surface area contributed by atoms with Crippen LogP contribution < -0.4 is 0 Å². The van der Waals surface area contributed by atoms with Gasteiger partial charge >= 0.3 is 0 Å². The summed E-state index contributed by atoms with van der Waals surface area (Å²) in [6.45, 7) is 7.00. The number of aromatic nitrogens is 3. The van der Waals surface area contributed by atoms with Crippen LogP contribution in [-0.2, 0) is 6.54 Å². The molecule has 0 spiro atoms. The molecule has 2 aromatic heterocycles. The zero-order valence-electron chi connectivity index (χ0n) is 11.1. The van der Waals surface area contributed by atoms with Crippen LogP contribution in [0.5, 0.6) is 0 Å². The first-order valence-electron chi connectivity index (χ1n) is 6.21. The minimum Gasteiger partial charge on any atom is -0.437 e. The number of imidazole rings is 1. The molecule has 98 valence electrons. The first kappa shape index (κ1) is 13.2. The van der Waals surface area contributed by atoms with Gasteiger partial charge in [0.25, 0.3) is 5.22 Å². The van der Waals surface area contributed by atoms with Gasteiger partial charge in [0.05, 0.1) is 5.69 Å². The second kappa shape index (κ2) is 6.09. The molecule has 0 fully saturated rings. The fraction of sp³-hybridized carbons (Fsp3) is 0.538. The Labute approximate surface area is 112 Å². The summed E-state index contributed by atoms with van der Waals surface area (Å²) in [6.07, 6.45) is 6.19. The molecule has 0 saturated carbocycles. The number of thioether (sulfide) groups is 1. The van der Waals surface area contributed by atoms with E-state index in [1.54, 1.807) is 11.8 Å². The number of oxazole rings is 1. The van der Waals surface area contributed by atoms with Crippen molar-refractivity contribution in [3.05, 3.63) is 29.7 Å². The van der Waals surface area contributed by atoms with Gasteiger partial charge in [0, 0.05) is 24.7 Å². The Morgan fingerprint density at radius 2 is 2.11 bits per heavy atom. The summed E-state index contributed by atoms with van der Waals surface area (Å²) in [4.78, 5) is 8.56. The van der Waals surface area contributed by atoms with Crippen molar-refractivity contribution in [2.24, 2.45) is 0 Å². The Kier molecular flexibility index (Phi) is 4.47. The fourth-order valence-corrected chi connectivity index (χ4v) is 2.60. The molecule has 0 atom stereocenters. The fourth-order valence-electron chi connectivity index (χ4n) is 1.69. The summed E-state index contributed by atoms with van der Waals surface area (Å²) >= 11 is 1.69. The molecule has 5 heteroatoms. The van der Waals surface area contributed by atoms with Crippen LogP contribution in [-0.4, -0.2) is 20.3 Å². The van der Waals surface area contributed by atoms with Gasteiger partial charge in [-0.05, 0) is 33.6 Å². The average molecular weight is 265 g/mol. The van der Waals surface area contributed by atoms with Crippen molar-refractivity contribution in [3.8, 4) is 0 Å². The minimum absolute atomic E-state index is 0.795. The highest BCUT2D eigenvalue weighted by atomic mass is 32.2. The van der Waals surface area contributed by atoms with Crippen LogP contribution in [0.25, 0.3) is 0 Å². The molecule has 2 heterocycles. The third-order valence-electron chi connectivity index (χ3n) is 2.95. The number of hydrogen-bond acceptors (Lipinski definition) is 4. The van der Waals surface area contributed by atoms with E-state index in [9.17, 15) is 0 Å². The lowest BCUT2D eigenvalue weighted by Gasteiger charge is -2.03. The number of unbranched alkanes of at least 4 members (excludes halogenated alkanes) is 1. The summed E-state index contributed by atoms with van der Waals surface area (Å²) in [7, 11) is 0. The molecule has 2 rings (SSSR count). The van der Waals surface area contributed by atoms with Gasteiger partial charge in [-0.25, -0.2) is 9.97 Å². The van der Waals surface area contributed by atoms with Gasteiger partial charge in [0.2, 0.25) is 0 Å². The van der Waals surface area contributed by atoms with Crippen molar-refractivity contribution in [1.82, 2.24) is 14.5 Å². The van der Waals surface area contributed by atoms with E-state index in [-0.39, 0.29) is 0 Å². The molecule has 4 nitrogen and oxygen atoms in total. The Morgan fingerprint density at radius 3 is 2.72 bits per heavy atom. The van der Waals surface area contributed by atoms with E-state index in [1.165, 1.54) is 0 Å². The van der Waals surface area contributed by atoms with Gasteiger partial charge in [-0.3, -0.25) is 0 Å². The lowest BCUT2D eigenvalue weighted by molar-refractivity contribution is 0.431. The maximum atomic E-state index is 5.52. The van der Waals surface area contributed by atoms with Gasteiger partial charge in [0.15, 0.2) is 0 Å². The zero-order valence-corrected chi connectivity index (χ0v) is 12.0. The van der Waals surface area contributed by atoms with Crippen LogP contribution in [0.2, 0.25) is 0 Å². The molecule has 0 bridgehead atoms. The largest absolute Gasteiger partial charge is 0.437 e. The standard InChI is InChI=1S/C13H19N3OS/c1-10-11(2)17-13(15-10)18-9-5-4-7-16-8-6-14-12(16)3/h6,8H,4-5,7,9H2,1-3H3. The molecule has 0 N–H and O–H groups in total. The van der Waals surface area contributed by atoms with Crippen LogP contribution in [0, 0.1) is 20.8 Å². The Bertz CT molecular complexity index is 485. The Morgan fingerprint density at radius 1 is 1.28 bits per heavy atom. The number of nitrogens with zero attached hydrogens (tertiary/aromatic N) is 3. The maximum Gasteiger partial charge on any atom is 0.256 e. The number of aryl methyl sites for hydroxylation is 4. The van der Waals surface area contributed by atoms with Crippen molar-refractivity contribution in [2.75, 3.05) is 5.75 Å². The predicted molar refractivity (Wildman–Crippen MR) is 72.9 cm³/mol. The SMILES string of the molecule is Cc1nc(SCCCCn2ccnc2C)oc1C. The predicted octanol–water partition coefficient (Wildman–Crippen LogP) is 3.37. The number of hydrogen-bond donors (Lipinski definition) is 0. The topological polar surface area (TPSA) is 43.9 Å². The Hall–Kier alpha value is -1.23. The smallest absolute Gasteiger partial charge is 0.256 e. The van der Waals surface area contributed by atoms with Crippen LogP contribution in [0.1, 0.15) is 30.1 Å². The highest BCUT2D eigenvalue weighted by molar-refractivity contribution is 7.99. The summed E-state index contributed by atoms with van der Waals surface area (Å²) in [5.41, 5.74) is 0.992. The molecule has 18 heavy (non-hydrogen) atoms. The molecule has 0 unspecified atom stereocenters. The highest BCUT2D eigenvalue weighted by Gasteiger charge is 2.05. The van der Waals surface area contributed by atoms with Gasteiger partial charge in [-0.1, -0.05) is 11.8 Å². The second-order valence-corrected chi connectivity index (χ2v) is 5.39. The van der Waals surface area contributed by atoms with E-state index in [2.05, 4.69) is 14.5 Å². The lowest BCUT2D eigenvalue weighted by Crippen LogP contribution is -1.99. The molecule has 0 aliphatic heterocycles. The van der Waals surface area contributed by atoms with E-state index < -0.39 is 0 Å². The third-order valence-corrected chi connectivity index (χ3v) is 3.87. The number of rotatable bonds is 6. The highest BCUT2D eigenvalue weighted by Crippen LogP contribution is 2.21. The average Bonchev–Trinajstić information content (AvgIpc) is 2.87. The van der Waals surface area contributed by atoms with Crippen LogP contribution >= 0.6 is 11.8 Å². The quantitative estimate of drug-likeness (QED) is 0.593. The minimum atomic E-state index is 0.795. The molecule has 0 amide bonds. The summed E-state index contributed by atoms with van der Waals surface area (Å²) in [5.74, 6) is 3.06. The monoisotopic (exact) mass is 265 g/mol. The van der Waals surface area contributed by atoms with Crippen molar-refractivity contribution in [2.45, 2.75) is 45.4 Å². The molecule has 0 aliphatic carbocycles. The van der Waals surface area contributed by atoms with Crippen molar-refractivity contribution >= 4 is 11.8 Å². The van der Waals surface area contributed by atoms with Crippen LogP contribution in [0.3, 0.4) is 0 Å². The second-order valence-electron chi connectivity index (χ2n) is 4.34. The first-order chi connectivity index (χ1) is 8.66. The Balaban J connectivity index is 1.66. The zero-order chi connectivity index (χ0) is 13.0. The van der Waals surface area contributed by atoms with E-state index in [0.29, 0.717) is 0 Å². The van der Waals surface area contributed by atoms with Gasteiger partial charge in [-0.15, -0.1) is 0 Å². The molecule has 0 radical (unpaired) electrons. The van der Waals surface area contributed by atoms with E-state index in [0.717, 1.165) is 47.6 Å². The van der Waals surface area contributed by atoms with Crippen molar-refractivity contribution < 1.29 is 4.42 Å². The van der Waals surface area contributed by atoms with E-state index in [1.807, 2.05) is 33.2 Å². The molecule has 0 aliphatic rings. The molecule has 0 saturated heterocycles. The van der Waals surface area contributed by atoms with E-state index >= 15 is 0 Å². The van der Waals surface area contributed by atoms with Gasteiger partial charge in [0.1, 0.15) is 11.6 Å². The summed E-state index contributed by atoms with van der Waals surface area (Å²) in [5, 5.41) is 0.795. The van der Waals surface area contributed by atoms with Crippen LogP contribution in [0.15, 0.2) is 22.0 Å². The molecular formula is C13H19N3OS. The molecular weight excluding hydrogens is 246 g/mol. The molecule has 0 aromatic carbocycles. The van der Waals surface area contributed by atoms with Crippen molar-refractivity contribution in [3.63, 3.8) is 0 Å². The van der Waals surface area contributed by atoms with E-state index in [4.69, 9.17) is 4.42 Å². The van der Waals surface area contributed by atoms with Gasteiger partial charge < -0.3 is 8.98 Å². The normalized spacial score (nSPS) is 11.1. The maximum absolute atomic E-state index is 5.52. The van der Waals surface area contributed by atoms with Gasteiger partial charge in [-0.2, -0.15) is 0 Å². The lowest BCUT2D eigenvalue weighted by atomic mass is 10.3. The summed E-state index contributed by atoms with van der Waals surface area (Å²) in [6, 6.07) is 0.